The summed E-state index contributed by atoms with van der Waals surface area (Å²) >= 11 is 0. The van der Waals surface area contributed by atoms with Gasteiger partial charge in [0.1, 0.15) is 11.4 Å². The van der Waals surface area contributed by atoms with Gasteiger partial charge in [0.25, 0.3) is 11.6 Å². The molecule has 1 fully saturated rings. The van der Waals surface area contributed by atoms with Gasteiger partial charge in [0, 0.05) is 25.2 Å². The molecule has 7 heteroatoms. The van der Waals surface area contributed by atoms with Crippen molar-refractivity contribution in [2.45, 2.75) is 18.9 Å². The van der Waals surface area contributed by atoms with Crippen LogP contribution in [-0.2, 0) is 0 Å². The minimum absolute atomic E-state index is 0.0618. The van der Waals surface area contributed by atoms with Gasteiger partial charge in [-0.15, -0.1) is 0 Å². The van der Waals surface area contributed by atoms with Gasteiger partial charge in [-0.1, -0.05) is 24.3 Å². The Morgan fingerprint density at radius 1 is 1.12 bits per heavy atom. The Balaban J connectivity index is 1.64. The molecule has 6 nitrogen and oxygen atoms in total. The smallest absolute Gasteiger partial charge is 0.282 e. The van der Waals surface area contributed by atoms with Gasteiger partial charge in [-0.2, -0.15) is 0 Å². The zero-order chi connectivity index (χ0) is 17.8. The maximum absolute atomic E-state index is 13.7. The third kappa shape index (κ3) is 3.76. The summed E-state index contributed by atoms with van der Waals surface area (Å²) in [6.07, 6.45) is 1.31. The number of carbonyl (C=O) groups excluding carboxylic acids is 1. The van der Waals surface area contributed by atoms with Gasteiger partial charge < -0.3 is 10.2 Å². The standard InChI is InChI=1S/C18H18FN3O3/c19-15-6-2-3-7-16(15)20-13-9-11-21(12-10-13)18(23)14-5-1-4-8-17(14)22(24)25/h1-8,13,20H,9-12H2. The van der Waals surface area contributed by atoms with E-state index in [4.69, 9.17) is 0 Å². The normalized spacial score (nSPS) is 15.0. The van der Waals surface area contributed by atoms with Gasteiger partial charge in [0.2, 0.25) is 0 Å². The molecule has 0 aromatic heterocycles. The second kappa shape index (κ2) is 7.29. The number of hydrogen-bond acceptors (Lipinski definition) is 4. The summed E-state index contributed by atoms with van der Waals surface area (Å²) in [6, 6.07) is 12.5. The molecule has 2 aromatic rings. The third-order valence-corrected chi connectivity index (χ3v) is 4.35. The highest BCUT2D eigenvalue weighted by Crippen LogP contribution is 2.23. The first-order chi connectivity index (χ1) is 12.1. The van der Waals surface area contributed by atoms with Crippen LogP contribution in [0, 0.1) is 15.9 Å². The van der Waals surface area contributed by atoms with Crippen LogP contribution < -0.4 is 5.32 Å². The lowest BCUT2D eigenvalue weighted by Gasteiger charge is -2.33. The van der Waals surface area contributed by atoms with Crippen molar-refractivity contribution in [2.75, 3.05) is 18.4 Å². The van der Waals surface area contributed by atoms with Crippen LogP contribution in [0.2, 0.25) is 0 Å². The Hall–Kier alpha value is -2.96. The van der Waals surface area contributed by atoms with Crippen molar-refractivity contribution >= 4 is 17.3 Å². The fourth-order valence-corrected chi connectivity index (χ4v) is 3.01. The summed E-state index contributed by atoms with van der Waals surface area (Å²) in [5, 5.41) is 14.2. The maximum Gasteiger partial charge on any atom is 0.282 e. The molecule has 0 unspecified atom stereocenters. The highest BCUT2D eigenvalue weighted by atomic mass is 19.1. The molecule has 2 aromatic carbocycles. The summed E-state index contributed by atoms with van der Waals surface area (Å²) in [5.74, 6) is -0.641. The van der Waals surface area contributed by atoms with Crippen LogP contribution in [0.3, 0.4) is 0 Å². The van der Waals surface area contributed by atoms with E-state index in [1.54, 1.807) is 35.2 Å². The average molecular weight is 343 g/mol. The molecular weight excluding hydrogens is 325 g/mol. The molecule has 1 amide bonds. The molecule has 130 valence electrons. The van der Waals surface area contributed by atoms with Crippen LogP contribution in [0.1, 0.15) is 23.2 Å². The lowest BCUT2D eigenvalue weighted by molar-refractivity contribution is -0.385. The molecule has 1 aliphatic rings. The summed E-state index contributed by atoms with van der Waals surface area (Å²) < 4.78 is 13.7. The number of benzene rings is 2. The molecule has 1 aliphatic heterocycles. The van der Waals surface area contributed by atoms with Gasteiger partial charge >= 0.3 is 0 Å². The molecule has 0 spiro atoms. The van der Waals surface area contributed by atoms with Gasteiger partial charge in [-0.25, -0.2) is 4.39 Å². The van der Waals surface area contributed by atoms with Crippen LogP contribution >= 0.6 is 0 Å². The molecule has 3 rings (SSSR count). The molecule has 0 saturated carbocycles. The van der Waals surface area contributed by atoms with E-state index < -0.39 is 4.92 Å². The third-order valence-electron chi connectivity index (χ3n) is 4.35. The summed E-state index contributed by atoms with van der Waals surface area (Å²) in [5.41, 5.74) is 0.373. The monoisotopic (exact) mass is 343 g/mol. The second-order valence-corrected chi connectivity index (χ2v) is 5.96. The number of hydrogen-bond donors (Lipinski definition) is 1. The second-order valence-electron chi connectivity index (χ2n) is 5.96. The first-order valence-corrected chi connectivity index (χ1v) is 8.10. The molecule has 0 aliphatic carbocycles. The Kier molecular flexibility index (Phi) is 4.92. The number of para-hydroxylation sites is 2. The van der Waals surface area contributed by atoms with E-state index in [0.717, 1.165) is 0 Å². The fourth-order valence-electron chi connectivity index (χ4n) is 3.01. The van der Waals surface area contributed by atoms with E-state index >= 15 is 0 Å². The Bertz CT molecular complexity index is 789. The number of likely N-dealkylation sites (tertiary alicyclic amines) is 1. The Labute approximate surface area is 144 Å². The molecule has 0 radical (unpaired) electrons. The van der Waals surface area contributed by atoms with Crippen molar-refractivity contribution in [1.82, 2.24) is 4.90 Å². The Morgan fingerprint density at radius 3 is 2.44 bits per heavy atom. The SMILES string of the molecule is O=C(c1ccccc1[N+](=O)[O-])N1CCC(Nc2ccccc2F)CC1. The quantitative estimate of drug-likeness (QED) is 0.681. The minimum atomic E-state index is -0.542. The van der Waals surface area contributed by atoms with E-state index in [9.17, 15) is 19.3 Å². The molecule has 0 atom stereocenters. The molecule has 25 heavy (non-hydrogen) atoms. The fraction of sp³-hybridized carbons (Fsp3) is 0.278. The van der Waals surface area contributed by atoms with E-state index in [-0.39, 0.29) is 29.0 Å². The molecule has 1 heterocycles. The van der Waals surface area contributed by atoms with Crippen molar-refractivity contribution in [1.29, 1.82) is 0 Å². The molecule has 0 bridgehead atoms. The van der Waals surface area contributed by atoms with Crippen molar-refractivity contribution < 1.29 is 14.1 Å². The molecule has 1 saturated heterocycles. The number of halogens is 1. The number of nitrogens with zero attached hydrogens (tertiary/aromatic N) is 2. The number of piperidine rings is 1. The number of carbonyl (C=O) groups is 1. The predicted molar refractivity (Wildman–Crippen MR) is 92.0 cm³/mol. The van der Waals surface area contributed by atoms with E-state index in [1.807, 2.05) is 0 Å². The van der Waals surface area contributed by atoms with Crippen LogP contribution in [0.15, 0.2) is 48.5 Å². The maximum atomic E-state index is 13.7. The number of nitro groups is 1. The van der Waals surface area contributed by atoms with Gasteiger partial charge in [-0.3, -0.25) is 14.9 Å². The summed E-state index contributed by atoms with van der Waals surface area (Å²) in [7, 11) is 0. The topological polar surface area (TPSA) is 75.5 Å². The first-order valence-electron chi connectivity index (χ1n) is 8.10. The zero-order valence-electron chi connectivity index (χ0n) is 13.5. The number of rotatable bonds is 4. The number of amides is 1. The summed E-state index contributed by atoms with van der Waals surface area (Å²) in [4.78, 5) is 24.7. The largest absolute Gasteiger partial charge is 0.380 e. The van der Waals surface area contributed by atoms with Crippen LogP contribution in [-0.4, -0.2) is 34.9 Å². The van der Waals surface area contributed by atoms with E-state index in [1.165, 1.54) is 18.2 Å². The van der Waals surface area contributed by atoms with E-state index in [2.05, 4.69) is 5.32 Å². The average Bonchev–Trinajstić information content (AvgIpc) is 2.63. The number of nitrogens with one attached hydrogen (secondary N) is 1. The van der Waals surface area contributed by atoms with Crippen molar-refractivity contribution in [2.24, 2.45) is 0 Å². The zero-order valence-corrected chi connectivity index (χ0v) is 13.5. The Morgan fingerprint density at radius 2 is 1.76 bits per heavy atom. The summed E-state index contributed by atoms with van der Waals surface area (Å²) in [6.45, 7) is 0.938. The van der Waals surface area contributed by atoms with Crippen molar-refractivity contribution in [3.63, 3.8) is 0 Å². The van der Waals surface area contributed by atoms with Gasteiger partial charge in [-0.05, 0) is 31.0 Å². The predicted octanol–water partition coefficient (Wildman–Crippen LogP) is 3.45. The molecule has 1 N–H and O–H groups in total. The van der Waals surface area contributed by atoms with E-state index in [0.29, 0.717) is 31.6 Å². The van der Waals surface area contributed by atoms with Gasteiger partial charge in [0.05, 0.1) is 10.6 Å². The number of nitro benzene ring substituents is 1. The highest BCUT2D eigenvalue weighted by molar-refractivity contribution is 5.98. The first kappa shape index (κ1) is 16.9. The number of anilines is 1. The highest BCUT2D eigenvalue weighted by Gasteiger charge is 2.28. The van der Waals surface area contributed by atoms with Crippen LogP contribution in [0.4, 0.5) is 15.8 Å². The molecular formula is C18H18FN3O3. The van der Waals surface area contributed by atoms with Crippen molar-refractivity contribution in [3.05, 3.63) is 70.0 Å². The lowest BCUT2D eigenvalue weighted by atomic mass is 10.0. The van der Waals surface area contributed by atoms with Crippen molar-refractivity contribution in [3.8, 4) is 0 Å². The van der Waals surface area contributed by atoms with Crippen LogP contribution in [0.25, 0.3) is 0 Å². The van der Waals surface area contributed by atoms with Crippen LogP contribution in [0.5, 0.6) is 0 Å². The minimum Gasteiger partial charge on any atom is -0.380 e. The van der Waals surface area contributed by atoms with Gasteiger partial charge in [0.15, 0.2) is 0 Å². The lowest BCUT2D eigenvalue weighted by Crippen LogP contribution is -2.42.